The molecule has 0 saturated heterocycles. The van der Waals surface area contributed by atoms with Crippen molar-refractivity contribution in [1.82, 2.24) is 5.32 Å². The van der Waals surface area contributed by atoms with Gasteiger partial charge in [-0.05, 0) is 31.0 Å². The maximum absolute atomic E-state index is 12.6. The highest BCUT2D eigenvalue weighted by molar-refractivity contribution is 7.82. The fourth-order valence-corrected chi connectivity index (χ4v) is 4.02. The number of nitrogens with one attached hydrogen (secondary N) is 1. The van der Waals surface area contributed by atoms with Crippen LogP contribution in [0.3, 0.4) is 0 Å². The summed E-state index contributed by atoms with van der Waals surface area (Å²) >= 11 is 22.5. The van der Waals surface area contributed by atoms with Gasteiger partial charge in [-0.2, -0.15) is 0 Å². The van der Waals surface area contributed by atoms with Gasteiger partial charge in [0.1, 0.15) is 5.75 Å². The maximum atomic E-state index is 12.6. The summed E-state index contributed by atoms with van der Waals surface area (Å²) in [6.07, 6.45) is 5.27. The Morgan fingerprint density at radius 1 is 1.07 bits per heavy atom. The highest BCUT2D eigenvalue weighted by atomic mass is 35.5. The number of aromatic hydroxyl groups is 1. The Morgan fingerprint density at radius 3 is 2.46 bits per heavy atom. The molecular formula is C19H19Cl3N2O3S. The summed E-state index contributed by atoms with van der Waals surface area (Å²) < 4.78 is 6.78. The van der Waals surface area contributed by atoms with Crippen molar-refractivity contribution in [3.63, 3.8) is 0 Å². The van der Waals surface area contributed by atoms with Crippen molar-refractivity contribution in [2.45, 2.75) is 38.1 Å². The summed E-state index contributed by atoms with van der Waals surface area (Å²) in [7, 11) is 0. The lowest BCUT2D eigenvalue weighted by Gasteiger charge is -2.26. The molecule has 0 aromatic heterocycles. The molecule has 1 aliphatic rings. The number of thiol groups is 1. The minimum Gasteiger partial charge on any atom is -0.504 e. The van der Waals surface area contributed by atoms with Crippen molar-refractivity contribution in [2.24, 2.45) is 0 Å². The van der Waals surface area contributed by atoms with Gasteiger partial charge in [0.15, 0.2) is 11.5 Å². The lowest BCUT2D eigenvalue weighted by molar-refractivity contribution is 0.242. The Kier molecular flexibility index (Phi) is 7.10. The zero-order valence-corrected chi connectivity index (χ0v) is 18.0. The molecule has 0 bridgehead atoms. The number of carbonyl (C=O) groups is 1. The molecule has 150 valence electrons. The van der Waals surface area contributed by atoms with Crippen molar-refractivity contribution in [2.75, 3.05) is 4.31 Å². The molecule has 0 atom stereocenters. The largest absolute Gasteiger partial charge is 0.504 e. The van der Waals surface area contributed by atoms with Crippen LogP contribution in [-0.2, 0) is 0 Å². The second-order valence-corrected chi connectivity index (χ2v) is 8.20. The second kappa shape index (κ2) is 9.35. The Morgan fingerprint density at radius 2 is 1.79 bits per heavy atom. The van der Waals surface area contributed by atoms with Crippen molar-refractivity contribution in [1.29, 1.82) is 0 Å². The lowest BCUT2D eigenvalue weighted by Crippen LogP contribution is -2.42. The van der Waals surface area contributed by atoms with E-state index in [4.69, 9.17) is 39.5 Å². The Balaban J connectivity index is 1.80. The molecule has 5 nitrogen and oxygen atoms in total. The maximum Gasteiger partial charge on any atom is 0.332 e. The number of hydrogen-bond acceptors (Lipinski definition) is 4. The topological polar surface area (TPSA) is 61.8 Å². The Hall–Kier alpha value is -1.47. The van der Waals surface area contributed by atoms with Gasteiger partial charge in [-0.15, -0.1) is 0 Å². The first-order valence-electron chi connectivity index (χ1n) is 8.80. The van der Waals surface area contributed by atoms with E-state index in [1.165, 1.54) is 24.6 Å². The van der Waals surface area contributed by atoms with Crippen LogP contribution in [0.2, 0.25) is 15.1 Å². The molecule has 1 aliphatic carbocycles. The van der Waals surface area contributed by atoms with Crippen LogP contribution >= 0.6 is 47.6 Å². The minimum atomic E-state index is -0.390. The number of anilines is 1. The first-order valence-corrected chi connectivity index (χ1v) is 10.3. The molecule has 0 radical (unpaired) electrons. The number of rotatable bonds is 4. The first kappa shape index (κ1) is 21.2. The number of amides is 2. The van der Waals surface area contributed by atoms with E-state index in [1.54, 1.807) is 12.1 Å². The van der Waals surface area contributed by atoms with E-state index >= 15 is 0 Å². The molecule has 2 aromatic rings. The standard InChI is InChI=1S/C19H19Cl3N2O3S/c20-11-6-7-17(14(22)8-11)27-18-10-15(13(21)9-16(18)25)24(28)19(26)23-12-4-2-1-3-5-12/h6-10,12,25,28H,1-5H2,(H,23,26). The molecule has 1 fully saturated rings. The van der Waals surface area contributed by atoms with Gasteiger partial charge in [0.25, 0.3) is 0 Å². The fourth-order valence-electron chi connectivity index (χ4n) is 3.04. The van der Waals surface area contributed by atoms with E-state index in [0.717, 1.165) is 30.0 Å². The van der Waals surface area contributed by atoms with E-state index in [0.29, 0.717) is 10.8 Å². The van der Waals surface area contributed by atoms with E-state index in [2.05, 4.69) is 18.1 Å². The normalized spacial score (nSPS) is 14.6. The molecule has 1 saturated carbocycles. The molecule has 2 aromatic carbocycles. The van der Waals surface area contributed by atoms with Gasteiger partial charge in [-0.1, -0.05) is 66.9 Å². The van der Waals surface area contributed by atoms with Crippen molar-refractivity contribution in [3.8, 4) is 17.2 Å². The average Bonchev–Trinajstić information content (AvgIpc) is 2.66. The zero-order chi connectivity index (χ0) is 20.3. The van der Waals surface area contributed by atoms with Gasteiger partial charge in [0.05, 0.1) is 15.7 Å². The van der Waals surface area contributed by atoms with Crippen LogP contribution in [0.15, 0.2) is 30.3 Å². The number of hydrogen-bond donors (Lipinski definition) is 3. The number of ether oxygens (including phenoxy) is 1. The van der Waals surface area contributed by atoms with Gasteiger partial charge < -0.3 is 15.2 Å². The van der Waals surface area contributed by atoms with Crippen molar-refractivity contribution in [3.05, 3.63) is 45.4 Å². The summed E-state index contributed by atoms with van der Waals surface area (Å²) in [6.45, 7) is 0. The second-order valence-electron chi connectivity index (χ2n) is 6.54. The number of phenols is 1. The minimum absolute atomic E-state index is 0.0770. The predicted molar refractivity (Wildman–Crippen MR) is 117 cm³/mol. The quantitative estimate of drug-likeness (QED) is 0.437. The van der Waals surface area contributed by atoms with Gasteiger partial charge in [-0.25, -0.2) is 9.10 Å². The third-order valence-corrected chi connectivity index (χ3v) is 5.73. The molecule has 28 heavy (non-hydrogen) atoms. The van der Waals surface area contributed by atoms with E-state index < -0.39 is 6.03 Å². The summed E-state index contributed by atoms with van der Waals surface area (Å²) in [5.41, 5.74) is 0.274. The number of nitrogens with zero attached hydrogens (tertiary/aromatic N) is 1. The third-order valence-electron chi connectivity index (χ3n) is 4.50. The summed E-state index contributed by atoms with van der Waals surface area (Å²) in [4.78, 5) is 12.6. The summed E-state index contributed by atoms with van der Waals surface area (Å²) in [5, 5.41) is 14.0. The van der Waals surface area contributed by atoms with Gasteiger partial charge in [-0.3, -0.25) is 0 Å². The average molecular weight is 462 g/mol. The van der Waals surface area contributed by atoms with E-state index in [-0.39, 0.29) is 33.3 Å². The fraction of sp³-hybridized carbons (Fsp3) is 0.316. The van der Waals surface area contributed by atoms with Crippen LogP contribution in [0.1, 0.15) is 32.1 Å². The van der Waals surface area contributed by atoms with Gasteiger partial charge in [0, 0.05) is 23.2 Å². The third kappa shape index (κ3) is 5.11. The van der Waals surface area contributed by atoms with E-state index in [1.807, 2.05) is 0 Å². The molecule has 2 amide bonds. The number of phenolic OH excluding ortho intramolecular Hbond substituents is 1. The molecule has 0 heterocycles. The Bertz CT molecular complexity index is 876. The van der Waals surface area contributed by atoms with Gasteiger partial charge >= 0.3 is 6.03 Å². The summed E-state index contributed by atoms with van der Waals surface area (Å²) in [5.74, 6) is 0.175. The SMILES string of the molecule is O=C(NC1CCCCC1)N(S)c1cc(Oc2ccc(Cl)cc2Cl)c(O)cc1Cl. The highest BCUT2D eigenvalue weighted by Crippen LogP contribution is 2.41. The predicted octanol–water partition coefficient (Wildman–Crippen LogP) is 6.84. The van der Waals surface area contributed by atoms with Crippen molar-refractivity contribution >= 4 is 59.3 Å². The van der Waals surface area contributed by atoms with Crippen LogP contribution in [-0.4, -0.2) is 17.2 Å². The van der Waals surface area contributed by atoms with Crippen LogP contribution in [0.5, 0.6) is 17.2 Å². The zero-order valence-electron chi connectivity index (χ0n) is 14.8. The van der Waals surface area contributed by atoms with Gasteiger partial charge in [0.2, 0.25) is 0 Å². The van der Waals surface area contributed by atoms with Crippen LogP contribution in [0.25, 0.3) is 0 Å². The monoisotopic (exact) mass is 460 g/mol. The van der Waals surface area contributed by atoms with Crippen LogP contribution in [0, 0.1) is 0 Å². The van der Waals surface area contributed by atoms with Crippen LogP contribution in [0.4, 0.5) is 10.5 Å². The van der Waals surface area contributed by atoms with Crippen molar-refractivity contribution < 1.29 is 14.6 Å². The molecule has 9 heteroatoms. The Labute approximate surface area is 184 Å². The van der Waals surface area contributed by atoms with Crippen LogP contribution < -0.4 is 14.4 Å². The number of carbonyl (C=O) groups excluding carboxylic acids is 1. The smallest absolute Gasteiger partial charge is 0.332 e. The summed E-state index contributed by atoms with van der Waals surface area (Å²) in [6, 6.07) is 7.15. The molecule has 3 rings (SSSR count). The number of benzene rings is 2. The first-order chi connectivity index (χ1) is 13.3. The molecule has 0 spiro atoms. The van der Waals surface area contributed by atoms with E-state index in [9.17, 15) is 9.90 Å². The molecular weight excluding hydrogens is 443 g/mol. The number of halogens is 3. The molecule has 0 aliphatic heterocycles. The highest BCUT2D eigenvalue weighted by Gasteiger charge is 2.22. The number of urea groups is 1. The molecule has 2 N–H and O–H groups in total. The lowest BCUT2D eigenvalue weighted by atomic mass is 9.96. The molecule has 0 unspecified atom stereocenters.